The first-order valence-electron chi connectivity index (χ1n) is 31.8. The van der Waals surface area contributed by atoms with Gasteiger partial charge in [0.1, 0.15) is 19.0 Å². The van der Waals surface area contributed by atoms with Crippen LogP contribution in [0, 0.1) is 41.4 Å². The summed E-state index contributed by atoms with van der Waals surface area (Å²) >= 11 is 1.54. The highest BCUT2D eigenvalue weighted by molar-refractivity contribution is 7.09. The first-order valence-corrected chi connectivity index (χ1v) is 32.7. The highest BCUT2D eigenvalue weighted by atomic mass is 32.1. The molecular weight excluding hydrogens is 1170 g/mol. The number of Topliss-reactive ketones (excluding diaryl/α,β-unsaturated/α-hetero) is 3. The van der Waals surface area contributed by atoms with Crippen molar-refractivity contribution in [3.8, 4) is 0 Å². The van der Waals surface area contributed by atoms with Crippen LogP contribution >= 0.6 is 11.3 Å². The molecule has 1 aromatic heterocycles. The van der Waals surface area contributed by atoms with Gasteiger partial charge in [0.05, 0.1) is 47.8 Å². The molecule has 90 heavy (non-hydrogen) atoms. The van der Waals surface area contributed by atoms with Gasteiger partial charge >= 0.3 is 12.1 Å². The van der Waals surface area contributed by atoms with Crippen LogP contribution in [-0.2, 0) is 65.6 Å². The number of ketones is 3. The van der Waals surface area contributed by atoms with Gasteiger partial charge in [-0.05, 0) is 79.0 Å². The molecule has 3 aromatic rings. The van der Waals surface area contributed by atoms with E-state index < -0.39 is 78.6 Å². The molecule has 500 valence electrons. The largest absolute Gasteiger partial charge is 0.445 e. The van der Waals surface area contributed by atoms with Gasteiger partial charge in [-0.15, -0.1) is 11.3 Å². The van der Waals surface area contributed by atoms with Crippen LogP contribution < -0.4 is 27.6 Å². The highest BCUT2D eigenvalue weighted by Gasteiger charge is 2.44. The van der Waals surface area contributed by atoms with E-state index in [2.05, 4.69) is 37.9 Å². The molecule has 0 radical (unpaired) electrons. The Morgan fingerprint density at radius 3 is 2.04 bits per heavy atom. The van der Waals surface area contributed by atoms with Crippen molar-refractivity contribution >= 4 is 70.1 Å². The quantitative estimate of drug-likeness (QED) is 0.0263. The number of amides is 7. The fourth-order valence-corrected chi connectivity index (χ4v) is 13.1. The van der Waals surface area contributed by atoms with Gasteiger partial charge < -0.3 is 50.6 Å². The standard InChI is InChI=1S/C67H103N9O13S/c1-14-44(8)61(56(86-12)38-58(81)76-32-21-25-52(76)62(87-13)45(9)53(77)36-49(64-70-31-33-90-64)34-46-22-17-15-18-23-46)74(10)65(83)51(41(2)3)37-55(79)60(43(6)7)75(11)67(85)88-39-47-26-28-50(29-27-47)72-63(82)48(24-19-16-20-30-71-66(68)84)35-54(78)59(42(4)5)73-57(80)40-89-69/h15,17-18,22-23,26-29,31,33,41-45,48-49,51-52,56,59-62H,14,16,19-21,24-25,30,32,34-40,69H2,1-13H3,(H,72,82)(H,73,80)(H3,68,71,84)/t44-,45-,48+,49+,51-,52-,56+,59-,60-,61-,62+/m0/s1. The molecule has 0 aliphatic carbocycles. The van der Waals surface area contributed by atoms with Crippen molar-refractivity contribution in [2.24, 2.45) is 53.1 Å². The number of primary amides is 1. The molecule has 1 aliphatic rings. The summed E-state index contributed by atoms with van der Waals surface area (Å²) in [4.78, 5) is 137. The zero-order valence-electron chi connectivity index (χ0n) is 55.4. The number of thiazole rings is 1. The molecule has 7 N–H and O–H groups in total. The van der Waals surface area contributed by atoms with Gasteiger partial charge in [-0.1, -0.05) is 124 Å². The number of carbonyl (C=O) groups is 9. The predicted molar refractivity (Wildman–Crippen MR) is 346 cm³/mol. The number of unbranched alkanes of at least 4 members (excludes halogenated alkanes) is 2. The average molecular weight is 1270 g/mol. The van der Waals surface area contributed by atoms with Gasteiger partial charge in [0.15, 0.2) is 11.6 Å². The fourth-order valence-electron chi connectivity index (χ4n) is 12.4. The van der Waals surface area contributed by atoms with Crippen LogP contribution in [0.4, 0.5) is 15.3 Å². The molecule has 0 bridgehead atoms. The summed E-state index contributed by atoms with van der Waals surface area (Å²) in [5, 5.41) is 10.9. The number of rotatable bonds is 40. The summed E-state index contributed by atoms with van der Waals surface area (Å²) in [6, 6.07) is 13.3. The van der Waals surface area contributed by atoms with E-state index in [4.69, 9.17) is 25.8 Å². The van der Waals surface area contributed by atoms with Crippen molar-refractivity contribution in [1.29, 1.82) is 0 Å². The summed E-state index contributed by atoms with van der Waals surface area (Å²) in [6.07, 6.45) is 4.58. The molecule has 1 saturated heterocycles. The smallest absolute Gasteiger partial charge is 0.410 e. The number of likely N-dealkylation sites (N-methyl/N-ethyl adjacent to an activating group) is 2. The molecule has 22 nitrogen and oxygen atoms in total. The first-order chi connectivity index (χ1) is 42.8. The zero-order chi connectivity index (χ0) is 66.8. The number of methoxy groups -OCH3 is 2. The molecule has 2 aromatic carbocycles. The van der Waals surface area contributed by atoms with Gasteiger partial charge in [-0.2, -0.15) is 0 Å². The Kier molecular flexibility index (Phi) is 32.2. The minimum absolute atomic E-state index is 0.0295. The van der Waals surface area contributed by atoms with Crippen LogP contribution in [0.2, 0.25) is 0 Å². The van der Waals surface area contributed by atoms with Crippen molar-refractivity contribution < 1.29 is 62.2 Å². The second-order valence-corrected chi connectivity index (χ2v) is 26.1. The fraction of sp³-hybridized carbons (Fsp3) is 0.642. The number of hydrogen-bond donors (Lipinski definition) is 5. The van der Waals surface area contributed by atoms with Gasteiger partial charge in [-0.3, -0.25) is 38.4 Å². The molecule has 0 spiro atoms. The van der Waals surface area contributed by atoms with E-state index in [1.807, 2.05) is 76.9 Å². The third-order valence-electron chi connectivity index (χ3n) is 17.6. The van der Waals surface area contributed by atoms with E-state index in [-0.39, 0.29) is 97.1 Å². The van der Waals surface area contributed by atoms with E-state index in [1.165, 1.54) is 23.3 Å². The number of ether oxygens (including phenoxy) is 3. The number of hydrogen-bond acceptors (Lipinski definition) is 16. The van der Waals surface area contributed by atoms with Crippen LogP contribution in [0.5, 0.6) is 0 Å². The maximum absolute atomic E-state index is 14.9. The number of anilines is 1. The lowest BCUT2D eigenvalue weighted by Crippen LogP contribution is -2.54. The number of nitrogens with two attached hydrogens (primary N) is 2. The van der Waals surface area contributed by atoms with Gasteiger partial charge in [0.2, 0.25) is 23.6 Å². The third kappa shape index (κ3) is 22.9. The molecule has 11 atom stereocenters. The van der Waals surface area contributed by atoms with Crippen LogP contribution in [0.1, 0.15) is 155 Å². The Morgan fingerprint density at radius 1 is 0.778 bits per heavy atom. The molecule has 7 amide bonds. The molecule has 23 heteroatoms. The lowest BCUT2D eigenvalue weighted by Gasteiger charge is -2.41. The summed E-state index contributed by atoms with van der Waals surface area (Å²) in [5.41, 5.74) is 7.31. The van der Waals surface area contributed by atoms with Crippen LogP contribution in [0.15, 0.2) is 66.2 Å². The van der Waals surface area contributed by atoms with Crippen LogP contribution in [0.3, 0.4) is 0 Å². The summed E-state index contributed by atoms with van der Waals surface area (Å²) in [5.74, 6) is -0.179. The van der Waals surface area contributed by atoms with Crippen LogP contribution in [-0.4, -0.2) is 157 Å². The number of likely N-dealkylation sites (tertiary alicyclic amines) is 1. The Hall–Kier alpha value is -6.66. The molecular formula is C67H103N9O13S. The van der Waals surface area contributed by atoms with Crippen LogP contribution in [0.25, 0.3) is 0 Å². The molecule has 1 aliphatic heterocycles. The molecule has 4 rings (SSSR count). The topological polar surface area (TPSA) is 301 Å². The van der Waals surface area contributed by atoms with Gasteiger partial charge in [0, 0.05) is 102 Å². The molecule has 1 fully saturated rings. The SMILES string of the molecule is CC[C@H](C)[C@@H]([C@@H](CC(=O)N1CCC[C@H]1[C@H](OC)[C@@H](C)C(=O)C[C@@H](Cc1ccccc1)c1nccs1)OC)N(C)C(=O)[C@@H](CC(=O)[C@H](C(C)C)N(C)C(=O)OCc1ccc(NC(=O)[C@H](CCCCCNC(N)=O)CC(=O)[C@@H](NC(=O)CON)C(C)C)cc1)C(C)C. The maximum atomic E-state index is 14.9. The Balaban J connectivity index is 1.41. The second-order valence-electron chi connectivity index (χ2n) is 25.2. The average Bonchev–Trinajstić information content (AvgIpc) is 3.62. The minimum Gasteiger partial charge on any atom is -0.445 e. The van der Waals surface area contributed by atoms with E-state index in [1.54, 1.807) is 70.5 Å². The van der Waals surface area contributed by atoms with Gasteiger partial charge in [0.25, 0.3) is 0 Å². The lowest BCUT2D eigenvalue weighted by molar-refractivity contribution is -0.149. The number of urea groups is 1. The Labute approximate surface area is 537 Å². The number of nitrogens with one attached hydrogen (secondary N) is 3. The van der Waals surface area contributed by atoms with Gasteiger partial charge in [-0.25, -0.2) is 20.5 Å². The third-order valence-corrected chi connectivity index (χ3v) is 18.5. The monoisotopic (exact) mass is 1270 g/mol. The minimum atomic E-state index is -0.945. The summed E-state index contributed by atoms with van der Waals surface area (Å²) in [7, 11) is 6.34. The van der Waals surface area contributed by atoms with Crippen molar-refractivity contribution in [3.05, 3.63) is 82.3 Å². The normalized spacial score (nSPS) is 16.6. The summed E-state index contributed by atoms with van der Waals surface area (Å²) < 4.78 is 18.0. The number of benzene rings is 2. The second kappa shape index (κ2) is 38.3. The maximum Gasteiger partial charge on any atom is 0.410 e. The number of aromatic nitrogens is 1. The van der Waals surface area contributed by atoms with E-state index in [9.17, 15) is 43.2 Å². The molecule has 2 heterocycles. The van der Waals surface area contributed by atoms with Crippen molar-refractivity contribution in [2.75, 3.05) is 53.3 Å². The van der Waals surface area contributed by atoms with Crippen molar-refractivity contribution in [2.45, 2.75) is 188 Å². The van der Waals surface area contributed by atoms with E-state index >= 15 is 0 Å². The van der Waals surface area contributed by atoms with E-state index in [0.29, 0.717) is 69.3 Å². The predicted octanol–water partition coefficient (Wildman–Crippen LogP) is 8.65. The Bertz CT molecular complexity index is 2750. The zero-order valence-corrected chi connectivity index (χ0v) is 56.2. The number of nitrogens with zero attached hydrogens (tertiary/aromatic N) is 4. The summed E-state index contributed by atoms with van der Waals surface area (Å²) in [6.45, 7) is 17.2. The molecule has 0 saturated carbocycles. The first kappa shape index (κ1) is 75.8. The lowest BCUT2D eigenvalue weighted by atomic mass is 9.83. The van der Waals surface area contributed by atoms with Crippen molar-refractivity contribution in [3.63, 3.8) is 0 Å². The number of carbonyl (C=O) groups excluding carboxylic acids is 9. The molecule has 0 unspecified atom stereocenters. The van der Waals surface area contributed by atoms with E-state index in [0.717, 1.165) is 17.0 Å². The highest BCUT2D eigenvalue weighted by Crippen LogP contribution is 2.34. The Morgan fingerprint density at radius 2 is 1.47 bits per heavy atom. The van der Waals surface area contributed by atoms with Crippen molar-refractivity contribution in [1.82, 2.24) is 30.3 Å².